The average Bonchev–Trinajstić information content (AvgIpc) is 2.70. The molecule has 0 aliphatic carbocycles. The van der Waals surface area contributed by atoms with Gasteiger partial charge < -0.3 is 0 Å². The molecule has 6 nitrogen and oxygen atoms in total. The SMILES string of the molecule is O=C(CCC(=O)c1ccc2ccccc2c1)NNC(=O)c1ccncc1. The zero-order valence-corrected chi connectivity index (χ0v) is 13.9. The van der Waals surface area contributed by atoms with Gasteiger partial charge in [-0.1, -0.05) is 36.4 Å². The van der Waals surface area contributed by atoms with Gasteiger partial charge in [0.15, 0.2) is 5.78 Å². The van der Waals surface area contributed by atoms with Crippen LogP contribution in [0.1, 0.15) is 33.6 Å². The number of Topliss-reactive ketones (excluding diaryl/α,β-unsaturated/α-hetero) is 1. The molecule has 3 aromatic rings. The van der Waals surface area contributed by atoms with Crippen LogP contribution in [0, 0.1) is 0 Å². The summed E-state index contributed by atoms with van der Waals surface area (Å²) in [5.41, 5.74) is 5.56. The van der Waals surface area contributed by atoms with E-state index >= 15 is 0 Å². The number of nitrogens with one attached hydrogen (secondary N) is 2. The Morgan fingerprint density at radius 3 is 2.27 bits per heavy atom. The lowest BCUT2D eigenvalue weighted by Crippen LogP contribution is -2.41. The third-order valence-electron chi connectivity index (χ3n) is 3.91. The Balaban J connectivity index is 1.50. The van der Waals surface area contributed by atoms with Crippen molar-refractivity contribution < 1.29 is 14.4 Å². The fraction of sp³-hybridized carbons (Fsp3) is 0.100. The predicted molar refractivity (Wildman–Crippen MR) is 97.4 cm³/mol. The standard InChI is InChI=1S/C20H17N3O3/c24-18(17-6-5-14-3-1-2-4-16(14)13-17)7-8-19(25)22-23-20(26)15-9-11-21-12-10-15/h1-6,9-13H,7-8H2,(H,22,25)(H,23,26). The van der Waals surface area contributed by atoms with Crippen molar-refractivity contribution in [3.8, 4) is 0 Å². The second-order valence-corrected chi connectivity index (χ2v) is 5.72. The number of hydrogen-bond acceptors (Lipinski definition) is 4. The van der Waals surface area contributed by atoms with Crippen molar-refractivity contribution in [3.63, 3.8) is 0 Å². The zero-order valence-electron chi connectivity index (χ0n) is 13.9. The molecule has 0 radical (unpaired) electrons. The molecule has 2 N–H and O–H groups in total. The number of nitrogens with zero attached hydrogens (tertiary/aromatic N) is 1. The lowest BCUT2D eigenvalue weighted by Gasteiger charge is -2.07. The van der Waals surface area contributed by atoms with Crippen molar-refractivity contribution in [1.29, 1.82) is 0 Å². The minimum Gasteiger partial charge on any atom is -0.294 e. The van der Waals surface area contributed by atoms with E-state index in [-0.39, 0.29) is 18.6 Å². The number of carbonyl (C=O) groups excluding carboxylic acids is 3. The molecule has 0 aliphatic rings. The average molecular weight is 347 g/mol. The Bertz CT molecular complexity index is 955. The van der Waals surface area contributed by atoms with Crippen LogP contribution >= 0.6 is 0 Å². The third-order valence-corrected chi connectivity index (χ3v) is 3.91. The van der Waals surface area contributed by atoms with E-state index in [0.29, 0.717) is 11.1 Å². The van der Waals surface area contributed by atoms with Crippen LogP contribution < -0.4 is 10.9 Å². The fourth-order valence-corrected chi connectivity index (χ4v) is 2.50. The summed E-state index contributed by atoms with van der Waals surface area (Å²) in [7, 11) is 0. The maximum atomic E-state index is 12.3. The summed E-state index contributed by atoms with van der Waals surface area (Å²) in [5.74, 6) is -0.991. The quantitative estimate of drug-likeness (QED) is 0.549. The Kier molecular flexibility index (Phi) is 5.34. The predicted octanol–water partition coefficient (Wildman–Crippen LogP) is 2.66. The molecule has 26 heavy (non-hydrogen) atoms. The normalized spacial score (nSPS) is 10.3. The van der Waals surface area contributed by atoms with Gasteiger partial charge in [0.25, 0.3) is 5.91 Å². The first-order chi connectivity index (χ1) is 12.6. The highest BCUT2D eigenvalue weighted by Gasteiger charge is 2.11. The molecular weight excluding hydrogens is 330 g/mol. The van der Waals surface area contributed by atoms with Gasteiger partial charge in [-0.3, -0.25) is 30.2 Å². The molecule has 0 saturated heterocycles. The van der Waals surface area contributed by atoms with Gasteiger partial charge in [-0.2, -0.15) is 0 Å². The first-order valence-corrected chi connectivity index (χ1v) is 8.15. The summed E-state index contributed by atoms with van der Waals surface area (Å²) in [6.07, 6.45) is 3.02. The first-order valence-electron chi connectivity index (χ1n) is 8.15. The van der Waals surface area contributed by atoms with Crippen molar-refractivity contribution in [1.82, 2.24) is 15.8 Å². The highest BCUT2D eigenvalue weighted by molar-refractivity contribution is 6.01. The number of hydrogen-bond donors (Lipinski definition) is 2. The minimum atomic E-state index is -0.443. The number of hydrazine groups is 1. The van der Waals surface area contributed by atoms with E-state index < -0.39 is 11.8 Å². The van der Waals surface area contributed by atoms with Crippen molar-refractivity contribution >= 4 is 28.4 Å². The summed E-state index contributed by atoms with van der Waals surface area (Å²) in [5, 5.41) is 2.04. The molecule has 0 atom stereocenters. The molecule has 1 heterocycles. The number of pyridine rings is 1. The molecular formula is C20H17N3O3. The number of carbonyl (C=O) groups is 3. The van der Waals surface area contributed by atoms with Crippen molar-refractivity contribution in [3.05, 3.63) is 78.1 Å². The monoisotopic (exact) mass is 347 g/mol. The second kappa shape index (κ2) is 8.02. The molecule has 0 bridgehead atoms. The van der Waals surface area contributed by atoms with Crippen LogP contribution in [0.5, 0.6) is 0 Å². The second-order valence-electron chi connectivity index (χ2n) is 5.72. The number of fused-ring (bicyclic) bond motifs is 1. The molecule has 2 amide bonds. The van der Waals surface area contributed by atoms with Gasteiger partial charge in [0.1, 0.15) is 0 Å². The summed E-state index contributed by atoms with van der Waals surface area (Å²) < 4.78 is 0. The van der Waals surface area contributed by atoms with Gasteiger partial charge in [0.2, 0.25) is 5.91 Å². The number of amides is 2. The largest absolute Gasteiger partial charge is 0.294 e. The Morgan fingerprint density at radius 1 is 0.769 bits per heavy atom. The summed E-state index contributed by atoms with van der Waals surface area (Å²) in [6.45, 7) is 0. The number of rotatable bonds is 5. The first kappa shape index (κ1) is 17.3. The molecule has 0 aliphatic heterocycles. The van der Waals surface area contributed by atoms with Gasteiger partial charge in [-0.15, -0.1) is 0 Å². The van der Waals surface area contributed by atoms with E-state index in [1.165, 1.54) is 24.5 Å². The lowest BCUT2D eigenvalue weighted by molar-refractivity contribution is -0.121. The van der Waals surface area contributed by atoms with Crippen LogP contribution in [0.25, 0.3) is 10.8 Å². The Labute approximate surface area is 150 Å². The zero-order chi connectivity index (χ0) is 18.4. The number of benzene rings is 2. The van der Waals surface area contributed by atoms with E-state index in [0.717, 1.165) is 10.8 Å². The molecule has 3 rings (SSSR count). The smallest absolute Gasteiger partial charge is 0.269 e. The van der Waals surface area contributed by atoms with Gasteiger partial charge in [0.05, 0.1) is 0 Å². The fourth-order valence-electron chi connectivity index (χ4n) is 2.50. The van der Waals surface area contributed by atoms with Crippen molar-refractivity contribution in [2.24, 2.45) is 0 Å². The van der Waals surface area contributed by atoms with Crippen LogP contribution in [-0.4, -0.2) is 22.6 Å². The third kappa shape index (κ3) is 4.30. The van der Waals surface area contributed by atoms with Gasteiger partial charge in [0, 0.05) is 36.4 Å². The topological polar surface area (TPSA) is 88.2 Å². The molecule has 6 heteroatoms. The summed E-state index contributed by atoms with van der Waals surface area (Å²) >= 11 is 0. The van der Waals surface area contributed by atoms with Gasteiger partial charge >= 0.3 is 0 Å². The molecule has 1 aromatic heterocycles. The van der Waals surface area contributed by atoms with E-state index in [2.05, 4.69) is 15.8 Å². The highest BCUT2D eigenvalue weighted by Crippen LogP contribution is 2.17. The van der Waals surface area contributed by atoms with E-state index in [4.69, 9.17) is 0 Å². The van der Waals surface area contributed by atoms with Gasteiger partial charge in [-0.05, 0) is 29.0 Å². The maximum absolute atomic E-state index is 12.3. The van der Waals surface area contributed by atoms with Gasteiger partial charge in [-0.25, -0.2) is 0 Å². The van der Waals surface area contributed by atoms with Crippen molar-refractivity contribution in [2.75, 3.05) is 0 Å². The van der Waals surface area contributed by atoms with Crippen molar-refractivity contribution in [2.45, 2.75) is 12.8 Å². The minimum absolute atomic E-state index is 0.0116. The van der Waals surface area contributed by atoms with E-state index in [1.54, 1.807) is 6.07 Å². The lowest BCUT2D eigenvalue weighted by atomic mass is 10.0. The highest BCUT2D eigenvalue weighted by atomic mass is 16.2. The molecule has 0 spiro atoms. The molecule has 0 saturated carbocycles. The van der Waals surface area contributed by atoms with Crippen LogP contribution in [0.2, 0.25) is 0 Å². The molecule has 2 aromatic carbocycles. The molecule has 130 valence electrons. The summed E-state index contributed by atoms with van der Waals surface area (Å²) in [6, 6.07) is 16.3. The van der Waals surface area contributed by atoms with Crippen LogP contribution in [0.3, 0.4) is 0 Å². The Morgan fingerprint density at radius 2 is 1.50 bits per heavy atom. The van der Waals surface area contributed by atoms with E-state index in [9.17, 15) is 14.4 Å². The summed E-state index contributed by atoms with van der Waals surface area (Å²) in [4.78, 5) is 39.7. The van der Waals surface area contributed by atoms with Crippen LogP contribution in [-0.2, 0) is 4.79 Å². The Hall–Kier alpha value is -3.54. The number of aromatic nitrogens is 1. The molecule has 0 unspecified atom stereocenters. The van der Waals surface area contributed by atoms with Crippen LogP contribution in [0.15, 0.2) is 67.0 Å². The van der Waals surface area contributed by atoms with E-state index in [1.807, 2.05) is 36.4 Å². The van der Waals surface area contributed by atoms with Crippen LogP contribution in [0.4, 0.5) is 0 Å². The number of ketones is 1. The maximum Gasteiger partial charge on any atom is 0.269 e. The molecule has 0 fully saturated rings.